The molecule has 76 valence electrons. The molecule has 0 aliphatic heterocycles. The van der Waals surface area contributed by atoms with Gasteiger partial charge in [-0.1, -0.05) is 18.5 Å². The number of thioether (sulfide) groups is 1. The number of Topliss-reactive ketones (excluding diaryl/α,β-unsaturated/α-hetero) is 1. The van der Waals surface area contributed by atoms with E-state index in [1.54, 1.807) is 23.9 Å². The molecule has 1 aromatic carbocycles. The van der Waals surface area contributed by atoms with E-state index in [-0.39, 0.29) is 11.7 Å². The molecule has 0 bridgehead atoms. The first-order valence-electron chi connectivity index (χ1n) is 4.20. The van der Waals surface area contributed by atoms with Gasteiger partial charge >= 0.3 is 0 Å². The monoisotopic (exact) mass is 248 g/mol. The van der Waals surface area contributed by atoms with Gasteiger partial charge in [0.25, 0.3) is 0 Å². The number of alkyl halides is 1. The molecule has 0 saturated heterocycles. The number of benzene rings is 1. The zero-order chi connectivity index (χ0) is 10.6. The van der Waals surface area contributed by atoms with E-state index in [0.29, 0.717) is 10.6 Å². The van der Waals surface area contributed by atoms with Crippen molar-refractivity contribution in [1.82, 2.24) is 0 Å². The number of carbonyl (C=O) groups excluding carboxylic acids is 1. The Labute approximate surface area is 97.8 Å². The van der Waals surface area contributed by atoms with Gasteiger partial charge in [-0.15, -0.1) is 23.4 Å². The Kier molecular flexibility index (Phi) is 4.79. The van der Waals surface area contributed by atoms with E-state index in [0.717, 1.165) is 10.6 Å². The third-order valence-electron chi connectivity index (χ3n) is 1.66. The summed E-state index contributed by atoms with van der Waals surface area (Å²) < 4.78 is 0. The summed E-state index contributed by atoms with van der Waals surface area (Å²) in [6.45, 7) is 2.04. The Morgan fingerprint density at radius 3 is 2.79 bits per heavy atom. The predicted octanol–water partition coefficient (Wildman–Crippen LogP) is 3.87. The lowest BCUT2D eigenvalue weighted by Crippen LogP contribution is -2.02. The van der Waals surface area contributed by atoms with E-state index in [2.05, 4.69) is 0 Å². The zero-order valence-corrected chi connectivity index (χ0v) is 10.0. The van der Waals surface area contributed by atoms with Crippen LogP contribution in [0, 0.1) is 0 Å². The van der Waals surface area contributed by atoms with Gasteiger partial charge in [-0.3, -0.25) is 4.79 Å². The van der Waals surface area contributed by atoms with E-state index >= 15 is 0 Å². The third kappa shape index (κ3) is 2.91. The van der Waals surface area contributed by atoms with Gasteiger partial charge < -0.3 is 0 Å². The summed E-state index contributed by atoms with van der Waals surface area (Å²) in [7, 11) is 0. The van der Waals surface area contributed by atoms with Gasteiger partial charge in [-0.2, -0.15) is 0 Å². The lowest BCUT2D eigenvalue weighted by atomic mass is 10.1. The number of hydrogen-bond donors (Lipinski definition) is 0. The molecular weight excluding hydrogens is 239 g/mol. The highest BCUT2D eigenvalue weighted by Crippen LogP contribution is 2.26. The van der Waals surface area contributed by atoms with Crippen molar-refractivity contribution in [2.75, 3.05) is 11.6 Å². The molecule has 0 unspecified atom stereocenters. The van der Waals surface area contributed by atoms with Gasteiger partial charge in [0, 0.05) is 15.5 Å². The van der Waals surface area contributed by atoms with Gasteiger partial charge in [0.2, 0.25) is 0 Å². The molecule has 1 nitrogen and oxygen atoms in total. The van der Waals surface area contributed by atoms with E-state index in [1.807, 2.05) is 13.0 Å². The molecule has 1 rings (SSSR count). The predicted molar refractivity (Wildman–Crippen MR) is 62.9 cm³/mol. The van der Waals surface area contributed by atoms with Crippen LogP contribution < -0.4 is 0 Å². The third-order valence-corrected chi connectivity index (χ3v) is 3.10. The molecule has 14 heavy (non-hydrogen) atoms. The van der Waals surface area contributed by atoms with Crippen molar-refractivity contribution < 1.29 is 4.79 Å². The first-order chi connectivity index (χ1) is 6.69. The van der Waals surface area contributed by atoms with Gasteiger partial charge in [0.1, 0.15) is 0 Å². The summed E-state index contributed by atoms with van der Waals surface area (Å²) in [5.74, 6) is 0.840. The van der Waals surface area contributed by atoms with Crippen LogP contribution in [-0.2, 0) is 0 Å². The molecule has 0 aliphatic carbocycles. The normalized spacial score (nSPS) is 10.2. The first-order valence-corrected chi connectivity index (χ1v) is 6.10. The molecule has 1 aromatic rings. The van der Waals surface area contributed by atoms with Crippen molar-refractivity contribution in [3.63, 3.8) is 0 Å². The number of halogens is 2. The van der Waals surface area contributed by atoms with Crippen LogP contribution in [0.15, 0.2) is 23.1 Å². The maximum atomic E-state index is 11.5. The molecule has 0 N–H and O–H groups in total. The second-order valence-corrected chi connectivity index (χ2v) is 4.64. The van der Waals surface area contributed by atoms with E-state index in [1.165, 1.54) is 0 Å². The highest BCUT2D eigenvalue weighted by atomic mass is 35.5. The van der Waals surface area contributed by atoms with E-state index in [9.17, 15) is 4.79 Å². The molecular formula is C10H10Cl2OS. The fraction of sp³-hybridized carbons (Fsp3) is 0.300. The van der Waals surface area contributed by atoms with E-state index < -0.39 is 0 Å². The number of hydrogen-bond acceptors (Lipinski definition) is 2. The van der Waals surface area contributed by atoms with Crippen LogP contribution in [0.1, 0.15) is 17.3 Å². The van der Waals surface area contributed by atoms with Crippen LogP contribution in [0.25, 0.3) is 0 Å². The Morgan fingerprint density at radius 1 is 1.50 bits per heavy atom. The number of ketones is 1. The molecule has 0 aromatic heterocycles. The molecule has 0 radical (unpaired) electrons. The number of rotatable bonds is 4. The molecule has 0 fully saturated rings. The van der Waals surface area contributed by atoms with Crippen LogP contribution in [0.5, 0.6) is 0 Å². The summed E-state index contributed by atoms with van der Waals surface area (Å²) in [6, 6.07) is 5.31. The van der Waals surface area contributed by atoms with Crippen molar-refractivity contribution in [1.29, 1.82) is 0 Å². The minimum absolute atomic E-state index is 0.00236. The summed E-state index contributed by atoms with van der Waals surface area (Å²) >= 11 is 12.9. The van der Waals surface area contributed by atoms with Crippen LogP contribution in [0.4, 0.5) is 0 Å². The SMILES string of the molecule is CCSc1ccc(Cl)cc1C(=O)CCl. The molecule has 0 saturated carbocycles. The van der Waals surface area contributed by atoms with Crippen LogP contribution in [0.3, 0.4) is 0 Å². The quantitative estimate of drug-likeness (QED) is 0.457. The summed E-state index contributed by atoms with van der Waals surface area (Å²) in [5, 5.41) is 0.568. The Bertz CT molecular complexity index is 339. The molecule has 4 heteroatoms. The first kappa shape index (κ1) is 11.9. The van der Waals surface area contributed by atoms with Crippen molar-refractivity contribution in [2.45, 2.75) is 11.8 Å². The minimum atomic E-state index is -0.0786. The maximum absolute atomic E-state index is 11.5. The van der Waals surface area contributed by atoms with E-state index in [4.69, 9.17) is 23.2 Å². The van der Waals surface area contributed by atoms with Gasteiger partial charge in [0.05, 0.1) is 5.88 Å². The second-order valence-electron chi connectivity index (χ2n) is 2.63. The van der Waals surface area contributed by atoms with Crippen molar-refractivity contribution in [3.05, 3.63) is 28.8 Å². The van der Waals surface area contributed by atoms with Crippen LogP contribution >= 0.6 is 35.0 Å². The summed E-state index contributed by atoms with van der Waals surface area (Å²) in [6.07, 6.45) is 0. The average molecular weight is 249 g/mol. The lowest BCUT2D eigenvalue weighted by molar-refractivity contribution is 0.101. The summed E-state index contributed by atoms with van der Waals surface area (Å²) in [4.78, 5) is 12.4. The maximum Gasteiger partial charge on any atom is 0.178 e. The average Bonchev–Trinajstić information content (AvgIpc) is 2.20. The Morgan fingerprint density at radius 2 is 2.21 bits per heavy atom. The van der Waals surface area contributed by atoms with Gasteiger partial charge in [-0.05, 0) is 24.0 Å². The van der Waals surface area contributed by atoms with Gasteiger partial charge in [-0.25, -0.2) is 0 Å². The standard InChI is InChI=1S/C10H10Cl2OS/c1-2-14-10-4-3-7(12)5-8(10)9(13)6-11/h3-5H,2,6H2,1H3. The minimum Gasteiger partial charge on any atom is -0.293 e. The van der Waals surface area contributed by atoms with Crippen LogP contribution in [-0.4, -0.2) is 17.4 Å². The van der Waals surface area contributed by atoms with Crippen molar-refractivity contribution in [2.24, 2.45) is 0 Å². The number of carbonyl (C=O) groups is 1. The Hall–Kier alpha value is -0.180. The molecule has 0 aliphatic rings. The van der Waals surface area contributed by atoms with Crippen LogP contribution in [0.2, 0.25) is 5.02 Å². The summed E-state index contributed by atoms with van der Waals surface area (Å²) in [5.41, 5.74) is 0.624. The molecule has 0 spiro atoms. The fourth-order valence-electron chi connectivity index (χ4n) is 1.07. The topological polar surface area (TPSA) is 17.1 Å². The largest absolute Gasteiger partial charge is 0.293 e. The zero-order valence-electron chi connectivity index (χ0n) is 7.72. The smallest absolute Gasteiger partial charge is 0.178 e. The molecule has 0 heterocycles. The van der Waals surface area contributed by atoms with Gasteiger partial charge in [0.15, 0.2) is 5.78 Å². The molecule has 0 amide bonds. The molecule has 0 atom stereocenters. The Balaban J connectivity index is 3.08. The lowest BCUT2D eigenvalue weighted by Gasteiger charge is -2.05. The highest BCUT2D eigenvalue weighted by molar-refractivity contribution is 7.99. The fourth-order valence-corrected chi connectivity index (χ4v) is 2.19. The second kappa shape index (κ2) is 5.64. The van der Waals surface area contributed by atoms with Crippen molar-refractivity contribution >= 4 is 40.7 Å². The van der Waals surface area contributed by atoms with Crippen molar-refractivity contribution in [3.8, 4) is 0 Å². The highest BCUT2D eigenvalue weighted by Gasteiger charge is 2.10.